The lowest BCUT2D eigenvalue weighted by atomic mass is 10.1. The van der Waals surface area contributed by atoms with Gasteiger partial charge in [0.05, 0.1) is 16.1 Å². The quantitative estimate of drug-likeness (QED) is 0.552. The molecule has 1 aromatic heterocycles. The van der Waals surface area contributed by atoms with Crippen molar-refractivity contribution in [3.05, 3.63) is 64.3 Å². The van der Waals surface area contributed by atoms with Crippen LogP contribution in [0.2, 0.25) is 5.02 Å². The molecule has 0 saturated carbocycles. The number of fused-ring (bicyclic) bond motifs is 1. The molecule has 0 bridgehead atoms. The first-order chi connectivity index (χ1) is 14.2. The molecule has 1 heterocycles. The summed E-state index contributed by atoms with van der Waals surface area (Å²) in [6, 6.07) is 11.7. The Morgan fingerprint density at radius 3 is 2.50 bits per heavy atom. The summed E-state index contributed by atoms with van der Waals surface area (Å²) in [5.41, 5.74) is 2.39. The number of halogens is 1. The molecule has 7 nitrogen and oxygen atoms in total. The average molecular weight is 428 g/mol. The summed E-state index contributed by atoms with van der Waals surface area (Å²) in [5, 5.41) is 15.9. The Morgan fingerprint density at radius 2 is 1.83 bits per heavy atom. The van der Waals surface area contributed by atoms with Crippen LogP contribution in [0.3, 0.4) is 0 Å². The van der Waals surface area contributed by atoms with Crippen molar-refractivity contribution < 1.29 is 19.5 Å². The van der Waals surface area contributed by atoms with E-state index in [1.54, 1.807) is 67.9 Å². The topological polar surface area (TPSA) is 100 Å². The first-order valence-electron chi connectivity index (χ1n) is 9.37. The van der Waals surface area contributed by atoms with Crippen LogP contribution in [0.1, 0.15) is 40.3 Å². The van der Waals surface area contributed by atoms with Gasteiger partial charge in [0.2, 0.25) is 5.91 Å². The van der Waals surface area contributed by atoms with Crippen molar-refractivity contribution in [1.82, 2.24) is 9.88 Å². The molecule has 0 atom stereocenters. The minimum Gasteiger partial charge on any atom is -0.477 e. The Hall–Kier alpha value is -3.32. The fourth-order valence-electron chi connectivity index (χ4n) is 3.06. The van der Waals surface area contributed by atoms with E-state index >= 15 is 0 Å². The van der Waals surface area contributed by atoms with Crippen LogP contribution in [-0.2, 0) is 18.4 Å². The molecule has 8 heteroatoms. The van der Waals surface area contributed by atoms with E-state index in [1.807, 2.05) is 0 Å². The molecule has 0 radical (unpaired) electrons. The van der Waals surface area contributed by atoms with E-state index in [1.165, 1.54) is 0 Å². The first kappa shape index (κ1) is 21.4. The first-order valence-corrected chi connectivity index (χ1v) is 9.75. The standard InChI is InChI=1S/C22H22ClN3O4/c1-12(2)20(27)24-11-13-4-7-17(23)16(8-13)21(28)25-15-6-5-14-9-19(22(29)30)26(3)18(14)10-15/h4-10,12H,11H2,1-3H3,(H,24,27)(H,25,28)(H,29,30). The van der Waals surface area contributed by atoms with Gasteiger partial charge >= 0.3 is 5.97 Å². The summed E-state index contributed by atoms with van der Waals surface area (Å²) in [6.45, 7) is 3.90. The van der Waals surface area contributed by atoms with Gasteiger partial charge < -0.3 is 20.3 Å². The molecule has 2 aromatic carbocycles. The normalized spacial score (nSPS) is 11.0. The number of hydrogen-bond acceptors (Lipinski definition) is 3. The van der Waals surface area contributed by atoms with Crippen molar-refractivity contribution in [2.24, 2.45) is 13.0 Å². The Bertz CT molecular complexity index is 1150. The number of amides is 2. The van der Waals surface area contributed by atoms with Gasteiger partial charge in [-0.2, -0.15) is 0 Å². The molecule has 156 valence electrons. The molecule has 0 aliphatic heterocycles. The molecular weight excluding hydrogens is 406 g/mol. The fourth-order valence-corrected chi connectivity index (χ4v) is 3.26. The van der Waals surface area contributed by atoms with Crippen LogP contribution in [-0.4, -0.2) is 27.5 Å². The van der Waals surface area contributed by atoms with E-state index < -0.39 is 11.9 Å². The molecule has 2 amide bonds. The van der Waals surface area contributed by atoms with Crippen LogP contribution in [0, 0.1) is 5.92 Å². The van der Waals surface area contributed by atoms with Gasteiger partial charge in [-0.05, 0) is 35.9 Å². The van der Waals surface area contributed by atoms with E-state index in [2.05, 4.69) is 10.6 Å². The van der Waals surface area contributed by atoms with Gasteiger partial charge in [0.15, 0.2) is 0 Å². The molecular formula is C22H22ClN3O4. The molecule has 0 saturated heterocycles. The number of nitrogens with one attached hydrogen (secondary N) is 2. The number of aryl methyl sites for hydroxylation is 1. The third kappa shape index (κ3) is 4.46. The molecule has 30 heavy (non-hydrogen) atoms. The van der Waals surface area contributed by atoms with Gasteiger partial charge in [-0.3, -0.25) is 9.59 Å². The number of nitrogens with zero attached hydrogens (tertiary/aromatic N) is 1. The van der Waals surface area contributed by atoms with Crippen LogP contribution >= 0.6 is 11.6 Å². The van der Waals surface area contributed by atoms with Gasteiger partial charge in [-0.1, -0.05) is 37.6 Å². The highest BCUT2D eigenvalue weighted by Gasteiger charge is 2.15. The van der Waals surface area contributed by atoms with Crippen LogP contribution in [0.4, 0.5) is 5.69 Å². The fraction of sp³-hybridized carbons (Fsp3) is 0.227. The Labute approximate surface area is 178 Å². The number of anilines is 1. The molecule has 3 N–H and O–H groups in total. The van der Waals surface area contributed by atoms with Crippen LogP contribution in [0.5, 0.6) is 0 Å². The second-order valence-corrected chi connectivity index (χ2v) is 7.72. The average Bonchev–Trinajstić information content (AvgIpc) is 3.03. The maximum Gasteiger partial charge on any atom is 0.352 e. The van der Waals surface area contributed by atoms with Gasteiger partial charge in [-0.25, -0.2) is 4.79 Å². The largest absolute Gasteiger partial charge is 0.477 e. The van der Waals surface area contributed by atoms with Gasteiger partial charge in [0.25, 0.3) is 5.91 Å². The lowest BCUT2D eigenvalue weighted by Gasteiger charge is -2.11. The minimum atomic E-state index is -1.02. The Balaban J connectivity index is 1.81. The smallest absolute Gasteiger partial charge is 0.352 e. The molecule has 3 rings (SSSR count). The molecule has 0 aliphatic carbocycles. The third-order valence-electron chi connectivity index (χ3n) is 4.79. The van der Waals surface area contributed by atoms with Crippen molar-refractivity contribution in [3.8, 4) is 0 Å². The highest BCUT2D eigenvalue weighted by atomic mass is 35.5. The zero-order valence-corrected chi connectivity index (χ0v) is 17.6. The molecule has 3 aromatic rings. The number of carboxylic acid groups (broad SMARTS) is 1. The van der Waals surface area contributed by atoms with Crippen molar-refractivity contribution in [2.45, 2.75) is 20.4 Å². The molecule has 0 fully saturated rings. The number of carboxylic acids is 1. The third-order valence-corrected chi connectivity index (χ3v) is 5.12. The summed E-state index contributed by atoms with van der Waals surface area (Å²) in [4.78, 5) is 35.9. The van der Waals surface area contributed by atoms with Crippen molar-refractivity contribution in [3.63, 3.8) is 0 Å². The zero-order chi connectivity index (χ0) is 22.0. The summed E-state index contributed by atoms with van der Waals surface area (Å²) in [5.74, 6) is -1.63. The lowest BCUT2D eigenvalue weighted by molar-refractivity contribution is -0.124. The lowest BCUT2D eigenvalue weighted by Crippen LogP contribution is -2.27. The Morgan fingerprint density at radius 1 is 1.10 bits per heavy atom. The highest BCUT2D eigenvalue weighted by Crippen LogP contribution is 2.24. The monoisotopic (exact) mass is 427 g/mol. The zero-order valence-electron chi connectivity index (χ0n) is 16.8. The number of aromatic nitrogens is 1. The van der Waals surface area contributed by atoms with E-state index in [-0.39, 0.29) is 23.1 Å². The maximum atomic E-state index is 12.8. The SMILES string of the molecule is CC(C)C(=O)NCc1ccc(Cl)c(C(=O)Nc2ccc3cc(C(=O)O)n(C)c3c2)c1. The number of hydrogen-bond donors (Lipinski definition) is 3. The molecule has 0 spiro atoms. The number of aromatic carboxylic acids is 1. The minimum absolute atomic E-state index is 0.0763. The second kappa shape index (κ2) is 8.59. The van der Waals surface area contributed by atoms with Crippen molar-refractivity contribution in [1.29, 1.82) is 0 Å². The predicted octanol–water partition coefficient (Wildman–Crippen LogP) is 4.05. The van der Waals surface area contributed by atoms with Crippen molar-refractivity contribution >= 4 is 46.0 Å². The maximum absolute atomic E-state index is 12.8. The summed E-state index contributed by atoms with van der Waals surface area (Å²) in [6.07, 6.45) is 0. The van der Waals surface area contributed by atoms with E-state index in [9.17, 15) is 19.5 Å². The number of carbonyl (C=O) groups excluding carboxylic acids is 2. The van der Waals surface area contributed by atoms with E-state index in [0.717, 1.165) is 10.9 Å². The van der Waals surface area contributed by atoms with Gasteiger partial charge in [-0.15, -0.1) is 0 Å². The number of carbonyl (C=O) groups is 3. The van der Waals surface area contributed by atoms with E-state index in [4.69, 9.17) is 11.6 Å². The molecule has 0 unspecified atom stereocenters. The Kier molecular flexibility index (Phi) is 6.12. The summed E-state index contributed by atoms with van der Waals surface area (Å²) in [7, 11) is 1.66. The summed E-state index contributed by atoms with van der Waals surface area (Å²) < 4.78 is 1.55. The molecule has 0 aliphatic rings. The predicted molar refractivity (Wildman–Crippen MR) is 116 cm³/mol. The second-order valence-electron chi connectivity index (χ2n) is 7.31. The van der Waals surface area contributed by atoms with Crippen molar-refractivity contribution in [2.75, 3.05) is 5.32 Å². The van der Waals surface area contributed by atoms with Gasteiger partial charge in [0.1, 0.15) is 5.69 Å². The van der Waals surface area contributed by atoms with Crippen LogP contribution in [0.15, 0.2) is 42.5 Å². The number of benzene rings is 2. The van der Waals surface area contributed by atoms with Gasteiger partial charge in [0, 0.05) is 30.6 Å². The highest BCUT2D eigenvalue weighted by molar-refractivity contribution is 6.34. The number of rotatable bonds is 6. The van der Waals surface area contributed by atoms with Crippen LogP contribution in [0.25, 0.3) is 10.9 Å². The van der Waals surface area contributed by atoms with E-state index in [0.29, 0.717) is 22.8 Å². The summed E-state index contributed by atoms with van der Waals surface area (Å²) >= 11 is 6.21. The van der Waals surface area contributed by atoms with Crippen LogP contribution < -0.4 is 10.6 Å².